The first kappa shape index (κ1) is 13.1. The second kappa shape index (κ2) is 5.61. The second-order valence-electron chi connectivity index (χ2n) is 4.46. The number of nitrogens with two attached hydrogens (primary N) is 1. The standard InChI is InChI=1S/C13H14N6O2/c1-20-12-3-2-9(5-15-12)4-11-17-13(21-18-11)8-19-7-10(14)6-16-19/h2-3,5-7H,4,8,14H2,1H3. The van der Waals surface area contributed by atoms with Gasteiger partial charge in [0.15, 0.2) is 5.82 Å². The number of ether oxygens (including phenoxy) is 1. The lowest BCUT2D eigenvalue weighted by atomic mass is 10.2. The van der Waals surface area contributed by atoms with Crippen LogP contribution in [0.5, 0.6) is 5.88 Å². The zero-order valence-corrected chi connectivity index (χ0v) is 11.4. The predicted molar refractivity (Wildman–Crippen MR) is 73.6 cm³/mol. The first-order valence-corrected chi connectivity index (χ1v) is 6.31. The Labute approximate surface area is 120 Å². The van der Waals surface area contributed by atoms with Gasteiger partial charge in [-0.15, -0.1) is 0 Å². The van der Waals surface area contributed by atoms with Crippen molar-refractivity contribution < 1.29 is 9.26 Å². The van der Waals surface area contributed by atoms with E-state index < -0.39 is 0 Å². The summed E-state index contributed by atoms with van der Waals surface area (Å²) in [5, 5.41) is 8.00. The summed E-state index contributed by atoms with van der Waals surface area (Å²) in [6.45, 7) is 0.394. The van der Waals surface area contributed by atoms with E-state index in [1.165, 1.54) is 0 Å². The van der Waals surface area contributed by atoms with Crippen molar-refractivity contribution in [1.29, 1.82) is 0 Å². The van der Waals surface area contributed by atoms with Gasteiger partial charge in [-0.3, -0.25) is 4.68 Å². The highest BCUT2D eigenvalue weighted by molar-refractivity contribution is 5.30. The largest absolute Gasteiger partial charge is 0.481 e. The van der Waals surface area contributed by atoms with Gasteiger partial charge in [0.1, 0.15) is 6.54 Å². The van der Waals surface area contributed by atoms with Crippen LogP contribution >= 0.6 is 0 Å². The number of aromatic nitrogens is 5. The molecule has 0 atom stereocenters. The molecule has 0 saturated heterocycles. The monoisotopic (exact) mass is 286 g/mol. The smallest absolute Gasteiger partial charge is 0.248 e. The van der Waals surface area contributed by atoms with E-state index in [0.29, 0.717) is 36.2 Å². The molecule has 0 spiro atoms. The molecule has 0 fully saturated rings. The molecule has 0 aliphatic carbocycles. The molecule has 21 heavy (non-hydrogen) atoms. The molecule has 0 aliphatic rings. The molecular weight excluding hydrogens is 272 g/mol. The fourth-order valence-corrected chi connectivity index (χ4v) is 1.85. The zero-order chi connectivity index (χ0) is 14.7. The molecule has 8 heteroatoms. The van der Waals surface area contributed by atoms with Crippen LogP contribution in [0, 0.1) is 0 Å². The van der Waals surface area contributed by atoms with Crippen molar-refractivity contribution >= 4 is 5.69 Å². The number of hydrogen-bond donors (Lipinski definition) is 1. The van der Waals surface area contributed by atoms with E-state index >= 15 is 0 Å². The summed E-state index contributed by atoms with van der Waals surface area (Å²) in [5.74, 6) is 1.65. The molecule has 2 N–H and O–H groups in total. The Morgan fingerprint density at radius 3 is 2.90 bits per heavy atom. The third kappa shape index (κ3) is 3.16. The van der Waals surface area contributed by atoms with Crippen LogP contribution in [0.1, 0.15) is 17.3 Å². The van der Waals surface area contributed by atoms with E-state index in [9.17, 15) is 0 Å². The highest BCUT2D eigenvalue weighted by Crippen LogP contribution is 2.11. The Kier molecular flexibility index (Phi) is 3.50. The molecular formula is C13H14N6O2. The Bertz CT molecular complexity index is 718. The predicted octanol–water partition coefficient (Wildman–Crippen LogP) is 0.891. The van der Waals surface area contributed by atoms with Gasteiger partial charge < -0.3 is 15.0 Å². The van der Waals surface area contributed by atoms with Crippen LogP contribution < -0.4 is 10.5 Å². The number of anilines is 1. The summed E-state index contributed by atoms with van der Waals surface area (Å²) < 4.78 is 11.8. The fraction of sp³-hybridized carbons (Fsp3) is 0.231. The Morgan fingerprint density at radius 2 is 2.24 bits per heavy atom. The highest BCUT2D eigenvalue weighted by Gasteiger charge is 2.09. The number of rotatable bonds is 5. The van der Waals surface area contributed by atoms with Crippen LogP contribution in [0.4, 0.5) is 5.69 Å². The van der Waals surface area contributed by atoms with Crippen molar-refractivity contribution in [2.24, 2.45) is 0 Å². The topological polar surface area (TPSA) is 105 Å². The maximum absolute atomic E-state index is 5.60. The van der Waals surface area contributed by atoms with Gasteiger partial charge in [0.05, 0.1) is 19.0 Å². The van der Waals surface area contributed by atoms with Gasteiger partial charge in [-0.2, -0.15) is 10.1 Å². The first-order chi connectivity index (χ1) is 10.2. The molecule has 0 aromatic carbocycles. The molecule has 0 radical (unpaired) electrons. The summed E-state index contributed by atoms with van der Waals surface area (Å²) in [7, 11) is 1.58. The molecule has 0 aliphatic heterocycles. The number of hydrogen-bond acceptors (Lipinski definition) is 7. The number of nitrogens with zero attached hydrogens (tertiary/aromatic N) is 5. The lowest BCUT2D eigenvalue weighted by molar-refractivity contribution is 0.362. The molecule has 8 nitrogen and oxygen atoms in total. The average molecular weight is 286 g/mol. The van der Waals surface area contributed by atoms with E-state index in [1.807, 2.05) is 6.07 Å². The second-order valence-corrected chi connectivity index (χ2v) is 4.46. The van der Waals surface area contributed by atoms with E-state index in [1.54, 1.807) is 36.4 Å². The van der Waals surface area contributed by atoms with E-state index in [0.717, 1.165) is 5.56 Å². The molecule has 0 bridgehead atoms. The molecule has 3 heterocycles. The third-order valence-corrected chi connectivity index (χ3v) is 2.83. The minimum atomic E-state index is 0.394. The van der Waals surface area contributed by atoms with Crippen LogP contribution in [0.25, 0.3) is 0 Å². The molecule has 3 aromatic rings. The molecule has 0 saturated carbocycles. The van der Waals surface area contributed by atoms with Crippen molar-refractivity contribution in [3.05, 3.63) is 48.0 Å². The van der Waals surface area contributed by atoms with E-state index in [-0.39, 0.29) is 0 Å². The first-order valence-electron chi connectivity index (χ1n) is 6.31. The Balaban J connectivity index is 1.66. The van der Waals surface area contributed by atoms with Gasteiger partial charge in [-0.25, -0.2) is 4.98 Å². The molecule has 108 valence electrons. The van der Waals surface area contributed by atoms with Crippen LogP contribution in [0.15, 0.2) is 35.2 Å². The van der Waals surface area contributed by atoms with Crippen LogP contribution in [0.3, 0.4) is 0 Å². The van der Waals surface area contributed by atoms with E-state index in [4.69, 9.17) is 15.0 Å². The summed E-state index contributed by atoms with van der Waals surface area (Å²) in [4.78, 5) is 8.45. The van der Waals surface area contributed by atoms with E-state index in [2.05, 4.69) is 20.2 Å². The molecule has 0 unspecified atom stereocenters. The average Bonchev–Trinajstić information content (AvgIpc) is 3.09. The normalized spacial score (nSPS) is 10.7. The van der Waals surface area contributed by atoms with Gasteiger partial charge in [-0.1, -0.05) is 11.2 Å². The van der Waals surface area contributed by atoms with Crippen molar-refractivity contribution in [3.63, 3.8) is 0 Å². The van der Waals surface area contributed by atoms with Gasteiger partial charge in [-0.05, 0) is 5.56 Å². The molecule has 3 aromatic heterocycles. The van der Waals surface area contributed by atoms with Crippen LogP contribution in [-0.2, 0) is 13.0 Å². The van der Waals surface area contributed by atoms with Crippen molar-refractivity contribution in [3.8, 4) is 5.88 Å². The van der Waals surface area contributed by atoms with Crippen LogP contribution in [0.2, 0.25) is 0 Å². The minimum absolute atomic E-state index is 0.394. The number of methoxy groups -OCH3 is 1. The van der Waals surface area contributed by atoms with Gasteiger partial charge in [0.2, 0.25) is 11.8 Å². The van der Waals surface area contributed by atoms with Crippen molar-refractivity contribution in [2.75, 3.05) is 12.8 Å². The highest BCUT2D eigenvalue weighted by atomic mass is 16.5. The fourth-order valence-electron chi connectivity index (χ4n) is 1.85. The lowest BCUT2D eigenvalue weighted by Gasteiger charge is -1.99. The lowest BCUT2D eigenvalue weighted by Crippen LogP contribution is -2.00. The Morgan fingerprint density at radius 1 is 1.33 bits per heavy atom. The summed E-state index contributed by atoms with van der Waals surface area (Å²) in [5.41, 5.74) is 7.17. The summed E-state index contributed by atoms with van der Waals surface area (Å²) >= 11 is 0. The zero-order valence-electron chi connectivity index (χ0n) is 11.4. The maximum Gasteiger partial charge on any atom is 0.248 e. The molecule has 0 amide bonds. The summed E-state index contributed by atoms with van der Waals surface area (Å²) in [6.07, 6.45) is 5.54. The van der Waals surface area contributed by atoms with Crippen molar-refractivity contribution in [1.82, 2.24) is 24.9 Å². The number of nitrogen functional groups attached to an aromatic ring is 1. The van der Waals surface area contributed by atoms with Gasteiger partial charge in [0.25, 0.3) is 0 Å². The quantitative estimate of drug-likeness (QED) is 0.742. The van der Waals surface area contributed by atoms with Gasteiger partial charge >= 0.3 is 0 Å². The number of pyridine rings is 1. The van der Waals surface area contributed by atoms with Gasteiger partial charge in [0, 0.05) is 24.9 Å². The summed E-state index contributed by atoms with van der Waals surface area (Å²) in [6, 6.07) is 3.71. The molecule has 3 rings (SSSR count). The maximum atomic E-state index is 5.60. The SMILES string of the molecule is COc1ccc(Cc2noc(Cn3cc(N)cn3)n2)cn1. The minimum Gasteiger partial charge on any atom is -0.481 e. The Hall–Kier alpha value is -2.90. The van der Waals surface area contributed by atoms with Crippen LogP contribution in [-0.4, -0.2) is 32.0 Å². The third-order valence-electron chi connectivity index (χ3n) is 2.83. The van der Waals surface area contributed by atoms with Crippen molar-refractivity contribution in [2.45, 2.75) is 13.0 Å².